The molecule has 140 valence electrons. The molecule has 3 fully saturated rings. The zero-order valence-electron chi connectivity index (χ0n) is 14.3. The van der Waals surface area contributed by atoms with Gasteiger partial charge in [0, 0.05) is 0 Å². The van der Waals surface area contributed by atoms with Gasteiger partial charge in [0.2, 0.25) is 0 Å². The fourth-order valence-corrected chi connectivity index (χ4v) is 9.57. The molecule has 7 heteroatoms. The summed E-state index contributed by atoms with van der Waals surface area (Å²) < 4.78 is 11.9. The number of fused-ring (bicyclic) bond motifs is 5. The van der Waals surface area contributed by atoms with Crippen LogP contribution in [0.15, 0.2) is 24.6 Å². The third-order valence-corrected chi connectivity index (χ3v) is 9.87. The van der Waals surface area contributed by atoms with E-state index in [4.69, 9.17) is 20.9 Å². The van der Waals surface area contributed by atoms with E-state index in [0.29, 0.717) is 23.1 Å². The quantitative estimate of drug-likeness (QED) is 0.204. The Morgan fingerprint density at radius 3 is 2.16 bits per heavy atom. The molecule has 0 spiro atoms. The summed E-state index contributed by atoms with van der Waals surface area (Å²) in [5.41, 5.74) is 10.7. The van der Waals surface area contributed by atoms with Gasteiger partial charge in [-0.05, 0) is 0 Å². The molecule has 0 amide bonds. The van der Waals surface area contributed by atoms with Crippen molar-refractivity contribution in [3.63, 3.8) is 0 Å². The molecule has 1 saturated heterocycles. The van der Waals surface area contributed by atoms with Crippen LogP contribution < -0.4 is 32.7 Å². The van der Waals surface area contributed by atoms with Crippen LogP contribution in [0.25, 0.3) is 0 Å². The van der Waals surface area contributed by atoms with E-state index in [1.807, 2.05) is 0 Å². The number of halogens is 1. The van der Waals surface area contributed by atoms with E-state index in [1.54, 1.807) is 0 Å². The van der Waals surface area contributed by atoms with Gasteiger partial charge in [0.25, 0.3) is 0 Å². The molecule has 2 saturated carbocycles. The molecule has 0 aromatic heterocycles. The normalized spacial score (nSPS) is 36.0. The summed E-state index contributed by atoms with van der Waals surface area (Å²) in [5, 5.41) is 0. The van der Waals surface area contributed by atoms with Gasteiger partial charge >= 0.3 is 159 Å². The first-order valence-corrected chi connectivity index (χ1v) is 11.2. The Hall–Kier alpha value is -1.25. The Morgan fingerprint density at radius 1 is 0.920 bits per heavy atom. The van der Waals surface area contributed by atoms with Crippen molar-refractivity contribution in [2.45, 2.75) is 33.5 Å². The van der Waals surface area contributed by atoms with Crippen LogP contribution in [0.1, 0.15) is 25.7 Å². The van der Waals surface area contributed by atoms with Crippen LogP contribution in [0.4, 0.5) is 0 Å². The third-order valence-electron chi connectivity index (χ3n) is 5.63. The van der Waals surface area contributed by atoms with Crippen molar-refractivity contribution in [2.75, 3.05) is 13.2 Å². The molecular formula is C18H26IN2O4-. The Bertz CT molecular complexity index is 574. The van der Waals surface area contributed by atoms with Crippen molar-refractivity contribution in [2.24, 2.45) is 35.1 Å². The maximum atomic E-state index is 11.5. The molecule has 0 aromatic carbocycles. The van der Waals surface area contributed by atoms with Crippen molar-refractivity contribution in [1.29, 1.82) is 0 Å². The number of carbonyl (C=O) groups is 2. The van der Waals surface area contributed by atoms with Gasteiger partial charge in [0.15, 0.2) is 0 Å². The number of rotatable bonds is 6. The second kappa shape index (κ2) is 7.55. The molecule has 1 heterocycles. The SMILES string of the molecule is C=C(N)C(=O)OCC1CC2C3CC(COC(=O)C(=C)N)[I-]C(C3)C2C1. The minimum absolute atomic E-state index is 0.00323. The zero-order valence-corrected chi connectivity index (χ0v) is 16.4. The number of hydrogen-bond acceptors (Lipinski definition) is 6. The standard InChI is InChI=1S/C18H26IN2O4/c1-9(20)17(22)24-7-11-3-14-12-5-13(8-25-18(23)10(2)21)19-16(6-12)15(14)4-11/h11-16H,1-8,20-21H2/q-1. The van der Waals surface area contributed by atoms with Crippen molar-refractivity contribution >= 4 is 11.9 Å². The van der Waals surface area contributed by atoms with E-state index in [9.17, 15) is 9.59 Å². The van der Waals surface area contributed by atoms with E-state index in [2.05, 4.69) is 13.2 Å². The van der Waals surface area contributed by atoms with Crippen LogP contribution in [0, 0.1) is 23.7 Å². The fraction of sp³-hybridized carbons (Fsp3) is 0.667. The van der Waals surface area contributed by atoms with Crippen molar-refractivity contribution in [3.05, 3.63) is 24.6 Å². The molecule has 25 heavy (non-hydrogen) atoms. The summed E-state index contributed by atoms with van der Waals surface area (Å²) in [6, 6.07) is 0. The van der Waals surface area contributed by atoms with Crippen LogP contribution in [0.5, 0.6) is 0 Å². The van der Waals surface area contributed by atoms with Gasteiger partial charge < -0.3 is 0 Å². The minimum atomic E-state index is -0.493. The monoisotopic (exact) mass is 461 g/mol. The zero-order chi connectivity index (χ0) is 18.1. The van der Waals surface area contributed by atoms with Gasteiger partial charge in [-0.2, -0.15) is 0 Å². The van der Waals surface area contributed by atoms with Gasteiger partial charge in [0.1, 0.15) is 0 Å². The first-order valence-electron chi connectivity index (χ1n) is 8.70. The van der Waals surface area contributed by atoms with Crippen LogP contribution in [-0.2, 0) is 19.1 Å². The van der Waals surface area contributed by atoms with E-state index in [0.717, 1.165) is 40.9 Å². The summed E-state index contributed by atoms with van der Waals surface area (Å²) >= 11 is -0.00323. The summed E-state index contributed by atoms with van der Waals surface area (Å²) in [4.78, 5) is 22.9. The molecule has 0 radical (unpaired) electrons. The first kappa shape index (κ1) is 18.5. The second-order valence-corrected chi connectivity index (χ2v) is 11.5. The van der Waals surface area contributed by atoms with E-state index >= 15 is 0 Å². The average Bonchev–Trinajstić information content (AvgIpc) is 3.09. The number of nitrogens with two attached hydrogens (primary N) is 2. The Labute approximate surface area is 158 Å². The predicted molar refractivity (Wildman–Crippen MR) is 88.6 cm³/mol. The summed E-state index contributed by atoms with van der Waals surface area (Å²) in [6.45, 7) is 7.78. The van der Waals surface area contributed by atoms with Crippen molar-refractivity contribution in [1.82, 2.24) is 0 Å². The number of hydrogen-bond donors (Lipinski definition) is 2. The average molecular weight is 461 g/mol. The predicted octanol–water partition coefficient (Wildman–Crippen LogP) is -2.09. The van der Waals surface area contributed by atoms with Crippen LogP contribution >= 0.6 is 0 Å². The van der Waals surface area contributed by atoms with E-state index < -0.39 is 11.9 Å². The molecule has 3 rings (SSSR count). The summed E-state index contributed by atoms with van der Waals surface area (Å²) in [6.07, 6.45) is 4.76. The number of carbonyl (C=O) groups excluding carboxylic acids is 2. The van der Waals surface area contributed by atoms with Crippen LogP contribution in [0.2, 0.25) is 0 Å². The Morgan fingerprint density at radius 2 is 1.52 bits per heavy atom. The molecule has 2 aliphatic carbocycles. The molecule has 1 aliphatic heterocycles. The van der Waals surface area contributed by atoms with Gasteiger partial charge in [-0.25, -0.2) is 0 Å². The van der Waals surface area contributed by atoms with Crippen molar-refractivity contribution in [3.8, 4) is 0 Å². The van der Waals surface area contributed by atoms with E-state index in [-0.39, 0.29) is 32.6 Å². The molecule has 3 aliphatic rings. The topological polar surface area (TPSA) is 105 Å². The number of ether oxygens (including phenoxy) is 2. The summed E-state index contributed by atoms with van der Waals surface area (Å²) in [5.74, 6) is 1.69. The molecule has 6 atom stereocenters. The number of esters is 2. The molecule has 2 bridgehead atoms. The third kappa shape index (κ3) is 4.12. The van der Waals surface area contributed by atoms with Gasteiger partial charge in [-0.3, -0.25) is 0 Å². The Balaban J connectivity index is 1.48. The molecule has 0 aromatic rings. The second-order valence-electron chi connectivity index (χ2n) is 7.38. The Kier molecular flexibility index (Phi) is 5.60. The molecule has 6 nitrogen and oxygen atoms in total. The van der Waals surface area contributed by atoms with Crippen LogP contribution in [-0.4, -0.2) is 33.0 Å². The van der Waals surface area contributed by atoms with Crippen molar-refractivity contribution < 1.29 is 40.3 Å². The maximum absolute atomic E-state index is 11.5. The first-order chi connectivity index (χ1) is 11.8. The van der Waals surface area contributed by atoms with E-state index in [1.165, 1.54) is 6.42 Å². The van der Waals surface area contributed by atoms with Gasteiger partial charge in [0.05, 0.1) is 0 Å². The fourth-order valence-electron chi connectivity index (χ4n) is 4.62. The van der Waals surface area contributed by atoms with Gasteiger partial charge in [-0.15, -0.1) is 0 Å². The summed E-state index contributed by atoms with van der Waals surface area (Å²) in [7, 11) is 0. The van der Waals surface area contributed by atoms with Crippen LogP contribution in [0.3, 0.4) is 0 Å². The van der Waals surface area contributed by atoms with Gasteiger partial charge in [-0.1, -0.05) is 0 Å². The number of alkyl halides is 2. The molecular weight excluding hydrogens is 435 g/mol. The molecule has 4 N–H and O–H groups in total. The molecule has 6 unspecified atom stereocenters.